The minimum Gasteiger partial charge on any atom is -0.432 e. The quantitative estimate of drug-likeness (QED) is 0.222. The van der Waals surface area contributed by atoms with E-state index in [2.05, 4.69) is 18.1 Å². The highest BCUT2D eigenvalue weighted by Crippen LogP contribution is 2.45. The van der Waals surface area contributed by atoms with E-state index in [9.17, 15) is 19.5 Å². The van der Waals surface area contributed by atoms with Gasteiger partial charge in [0.05, 0.1) is 41.8 Å². The zero-order valence-corrected chi connectivity index (χ0v) is 25.6. The molecular weight excluding hydrogens is 546 g/mol. The molecule has 42 heavy (non-hydrogen) atoms. The Hall–Kier alpha value is -3.50. The predicted molar refractivity (Wildman–Crippen MR) is 167 cm³/mol. The zero-order valence-electron chi connectivity index (χ0n) is 24.6. The van der Waals surface area contributed by atoms with Crippen molar-refractivity contribution in [3.8, 4) is 5.69 Å². The summed E-state index contributed by atoms with van der Waals surface area (Å²) >= 11 is 0. The fourth-order valence-corrected chi connectivity index (χ4v) is 9.13. The summed E-state index contributed by atoms with van der Waals surface area (Å²) in [5.41, 5.74) is 3.50. The van der Waals surface area contributed by atoms with Crippen molar-refractivity contribution in [3.05, 3.63) is 100 Å². The lowest BCUT2D eigenvalue weighted by Gasteiger charge is -2.31. The summed E-state index contributed by atoms with van der Waals surface area (Å²) in [7, 11) is -2.66. The number of hydrogen-bond donors (Lipinski definition) is 3. The lowest BCUT2D eigenvalue weighted by molar-refractivity contribution is -0.135. The molecule has 0 unspecified atom stereocenters. The number of carbonyl (C=O) groups is 1. The van der Waals surface area contributed by atoms with Gasteiger partial charge in [0.15, 0.2) is 8.32 Å². The van der Waals surface area contributed by atoms with Crippen LogP contribution < -0.4 is 5.56 Å². The Kier molecular flexibility index (Phi) is 9.13. The number of aliphatic hydroxyl groups excluding tert-OH is 1. The van der Waals surface area contributed by atoms with Crippen LogP contribution in [0.15, 0.2) is 83.7 Å². The number of aromatic amines is 1. The maximum Gasteiger partial charge on any atom is 0.279 e. The average molecular weight is 588 g/mol. The number of aromatic nitrogens is 2. The van der Waals surface area contributed by atoms with Gasteiger partial charge in [0.25, 0.3) is 5.56 Å². The lowest BCUT2D eigenvalue weighted by Crippen LogP contribution is -2.42. The third-order valence-corrected chi connectivity index (χ3v) is 11.0. The summed E-state index contributed by atoms with van der Waals surface area (Å²) in [4.78, 5) is 39.3. The van der Waals surface area contributed by atoms with Crippen LogP contribution in [-0.4, -0.2) is 64.2 Å². The molecule has 2 heterocycles. The van der Waals surface area contributed by atoms with Crippen molar-refractivity contribution in [1.29, 1.82) is 0 Å². The van der Waals surface area contributed by atoms with Crippen LogP contribution in [0.4, 0.5) is 0 Å². The molecule has 1 aliphatic rings. The third-order valence-electron chi connectivity index (χ3n) is 8.51. The monoisotopic (exact) mass is 587 g/mol. The highest BCUT2D eigenvalue weighted by atomic mass is 28.4. The summed E-state index contributed by atoms with van der Waals surface area (Å²) in [6.45, 7) is 6.53. The summed E-state index contributed by atoms with van der Waals surface area (Å²) in [5, 5.41) is 13.5. The minimum atomic E-state index is -2.66. The van der Waals surface area contributed by atoms with E-state index in [1.54, 1.807) is 9.58 Å². The number of aliphatic hydroxyl groups is 1. The van der Waals surface area contributed by atoms with Crippen LogP contribution in [0.2, 0.25) is 18.6 Å². The van der Waals surface area contributed by atoms with Crippen molar-refractivity contribution >= 4 is 25.1 Å². The first-order valence-corrected chi connectivity index (χ1v) is 17.8. The van der Waals surface area contributed by atoms with Crippen LogP contribution in [0, 0.1) is 5.92 Å². The van der Waals surface area contributed by atoms with E-state index in [0.29, 0.717) is 11.9 Å². The van der Waals surface area contributed by atoms with Crippen LogP contribution in [0.25, 0.3) is 16.6 Å². The molecule has 0 spiro atoms. The van der Waals surface area contributed by atoms with Gasteiger partial charge >= 0.3 is 0 Å². The van der Waals surface area contributed by atoms with E-state index in [1.165, 1.54) is 0 Å². The molecule has 0 aliphatic carbocycles. The first-order valence-electron chi connectivity index (χ1n) is 14.7. The Bertz CT molecular complexity index is 1560. The molecule has 1 saturated heterocycles. The highest BCUT2D eigenvalue weighted by Gasteiger charge is 2.50. The number of rotatable bonds is 11. The van der Waals surface area contributed by atoms with Crippen LogP contribution >= 0.6 is 0 Å². The van der Waals surface area contributed by atoms with Crippen molar-refractivity contribution < 1.29 is 19.4 Å². The van der Waals surface area contributed by atoms with E-state index < -0.39 is 8.32 Å². The number of H-pyrrole nitrogens is 1. The number of ether oxygens (including phenoxy) is 1. The number of benzene rings is 3. The number of hydrogen-bond acceptors (Lipinski definition) is 5. The number of aryl methyl sites for hydroxylation is 1. The Morgan fingerprint density at radius 1 is 1.00 bits per heavy atom. The van der Waals surface area contributed by atoms with Gasteiger partial charge in [-0.3, -0.25) is 14.7 Å². The van der Waals surface area contributed by atoms with Crippen molar-refractivity contribution in [2.45, 2.75) is 63.6 Å². The first kappa shape index (κ1) is 30.0. The van der Waals surface area contributed by atoms with Gasteiger partial charge < -0.3 is 19.5 Å². The molecule has 0 radical (unpaired) electrons. The maximum absolute atomic E-state index is 13.5. The molecule has 8 nitrogen and oxygen atoms in total. The number of nitrogens with zero attached hydrogens (tertiary/aromatic N) is 2. The van der Waals surface area contributed by atoms with Crippen molar-refractivity contribution in [2.75, 3.05) is 13.2 Å². The average Bonchev–Trinajstić information content (AvgIpc) is 3.48. The van der Waals surface area contributed by atoms with Gasteiger partial charge in [-0.25, -0.2) is 4.68 Å². The van der Waals surface area contributed by atoms with E-state index in [-0.39, 0.29) is 54.7 Å². The molecule has 1 aliphatic heterocycles. The molecule has 9 heteroatoms. The van der Waals surface area contributed by atoms with E-state index in [1.807, 2.05) is 85.9 Å². The second-order valence-electron chi connectivity index (χ2n) is 12.0. The number of amides is 1. The van der Waals surface area contributed by atoms with E-state index in [0.717, 1.165) is 35.2 Å². The maximum atomic E-state index is 13.5. The highest BCUT2D eigenvalue weighted by molar-refractivity contribution is 6.71. The molecule has 1 aromatic heterocycles. The fraction of sp³-hybridized carbons (Fsp3) is 0.394. The van der Waals surface area contributed by atoms with Gasteiger partial charge in [-0.15, -0.1) is 0 Å². The van der Waals surface area contributed by atoms with Gasteiger partial charge in [-0.1, -0.05) is 61.5 Å². The summed E-state index contributed by atoms with van der Waals surface area (Å²) in [6, 6.07) is 25.2. The van der Waals surface area contributed by atoms with Gasteiger partial charge in [0.1, 0.15) is 0 Å². The minimum absolute atomic E-state index is 0.0783. The topological polar surface area (TPSA) is 108 Å². The Labute approximate surface area is 247 Å². The number of fused-ring (bicyclic) bond motifs is 1. The molecule has 222 valence electrons. The van der Waals surface area contributed by atoms with Gasteiger partial charge in [0.2, 0.25) is 5.91 Å². The summed E-state index contributed by atoms with van der Waals surface area (Å²) < 4.78 is 8.14. The summed E-state index contributed by atoms with van der Waals surface area (Å²) in [5.74, 6) is 0.0138. The van der Waals surface area contributed by atoms with E-state index in [4.69, 9.17) is 4.74 Å². The number of nitrogens with one attached hydrogen (secondary N) is 1. The molecule has 5 rings (SSSR count). The number of para-hydroxylation sites is 1. The van der Waals surface area contributed by atoms with Crippen molar-refractivity contribution in [1.82, 2.24) is 14.7 Å². The molecule has 1 amide bonds. The lowest BCUT2D eigenvalue weighted by atomic mass is 9.95. The van der Waals surface area contributed by atoms with Crippen LogP contribution in [0.5, 0.6) is 0 Å². The first-order chi connectivity index (χ1) is 20.2. The molecule has 1 fully saturated rings. The standard InChI is InChI=1S/C33H41N3O5Si/c1-23-29(17-16-24-12-9-13-26(20-24)36-33(39)27-14-7-8-15-28(27)34-36)41-30(32(23)42(2,3)40)21-31(38)35(18-19-37)22-25-10-5-4-6-11-25/h4-15,20,23,29-30,32,34,37,40H,16-19,21-22H2,1-3H3/t23-,29+,30-,32+/m0/s1. The van der Waals surface area contributed by atoms with Crippen LogP contribution in [0.1, 0.15) is 30.9 Å². The SMILES string of the molecule is C[C@@H]1[C@@H]([Si](C)(C)O)[C@H](CC(=O)N(CCO)Cc2ccccc2)O[C@@H]1CCc1cccc(-n2[nH]c3ccccc3c2=O)c1. The zero-order chi connectivity index (χ0) is 29.9. The Morgan fingerprint density at radius 3 is 2.43 bits per heavy atom. The summed E-state index contributed by atoms with van der Waals surface area (Å²) in [6.07, 6.45) is 1.17. The fourth-order valence-electron chi connectivity index (χ4n) is 6.53. The normalized spacial score (nSPS) is 20.7. The molecule has 0 bridgehead atoms. The Morgan fingerprint density at radius 2 is 1.71 bits per heavy atom. The van der Waals surface area contributed by atoms with Gasteiger partial charge in [-0.05, 0) is 67.2 Å². The van der Waals surface area contributed by atoms with Crippen LogP contribution in [-0.2, 0) is 22.5 Å². The molecular formula is C33H41N3O5Si. The van der Waals surface area contributed by atoms with Gasteiger partial charge in [0, 0.05) is 18.6 Å². The number of carbonyl (C=O) groups excluding carboxylic acids is 1. The third kappa shape index (κ3) is 6.60. The van der Waals surface area contributed by atoms with Gasteiger partial charge in [-0.2, -0.15) is 0 Å². The largest absolute Gasteiger partial charge is 0.432 e. The molecule has 4 aromatic rings. The molecule has 0 saturated carbocycles. The van der Waals surface area contributed by atoms with Crippen molar-refractivity contribution in [2.24, 2.45) is 5.92 Å². The van der Waals surface area contributed by atoms with Crippen molar-refractivity contribution in [3.63, 3.8) is 0 Å². The second kappa shape index (κ2) is 12.8. The molecule has 3 N–H and O–H groups in total. The Balaban J connectivity index is 1.28. The molecule has 4 atom stereocenters. The molecule has 3 aromatic carbocycles. The van der Waals surface area contributed by atoms with E-state index >= 15 is 0 Å². The second-order valence-corrected chi connectivity index (χ2v) is 16.0. The van der Waals surface area contributed by atoms with Crippen LogP contribution in [0.3, 0.4) is 0 Å². The smallest absolute Gasteiger partial charge is 0.279 e. The predicted octanol–water partition coefficient (Wildman–Crippen LogP) is 4.63.